The molecule has 2 aromatic rings. The molecule has 2 heterocycles. The smallest absolute Gasteiger partial charge is 0.311 e. The van der Waals surface area contributed by atoms with Gasteiger partial charge < -0.3 is 4.74 Å². The van der Waals surface area contributed by atoms with Crippen LogP contribution in [0.15, 0.2) is 59.0 Å². The van der Waals surface area contributed by atoms with Crippen LogP contribution in [0.1, 0.15) is 32.1 Å². The minimum absolute atomic E-state index is 0.176. The third-order valence-corrected chi connectivity index (χ3v) is 6.90. The summed E-state index contributed by atoms with van der Waals surface area (Å²) in [6, 6.07) is 10.6. The Hall–Kier alpha value is -1.86. The van der Waals surface area contributed by atoms with Crippen LogP contribution in [-0.4, -0.2) is 22.0 Å². The molecule has 1 aliphatic heterocycles. The number of carbonyl (C=O) groups is 1. The zero-order valence-electron chi connectivity index (χ0n) is 14.4. The Balaban J connectivity index is 1.39. The van der Waals surface area contributed by atoms with Gasteiger partial charge in [-0.05, 0) is 55.7 Å². The molecule has 1 saturated heterocycles. The lowest BCUT2D eigenvalue weighted by Gasteiger charge is -2.07. The Kier molecular flexibility index (Phi) is 7.51. The lowest BCUT2D eigenvalue weighted by atomic mass is 10.1. The molecule has 0 bridgehead atoms. The van der Waals surface area contributed by atoms with Crippen LogP contribution in [-0.2, 0) is 4.79 Å². The van der Waals surface area contributed by atoms with Gasteiger partial charge in [0.2, 0.25) is 0 Å². The molecule has 0 aliphatic carbocycles. The molecule has 1 unspecified atom stereocenters. The predicted octanol–water partition coefficient (Wildman–Crippen LogP) is 6.12. The summed E-state index contributed by atoms with van der Waals surface area (Å²) < 4.78 is 5.38. The number of pyridine rings is 1. The van der Waals surface area contributed by atoms with E-state index in [0.29, 0.717) is 17.9 Å². The highest BCUT2D eigenvalue weighted by Gasteiger charge is 2.16. The van der Waals surface area contributed by atoms with Crippen LogP contribution in [0.3, 0.4) is 0 Å². The van der Waals surface area contributed by atoms with Crippen molar-refractivity contribution in [3.8, 4) is 5.75 Å². The van der Waals surface area contributed by atoms with Crippen LogP contribution in [0.2, 0.25) is 0 Å². The Bertz CT molecular complexity index is 717. The maximum atomic E-state index is 11.9. The third-order valence-electron chi connectivity index (χ3n) is 3.90. The molecule has 1 aromatic carbocycles. The molecule has 1 fully saturated rings. The van der Waals surface area contributed by atoms with Crippen molar-refractivity contribution in [3.05, 3.63) is 48.8 Å². The topological polar surface area (TPSA) is 63.9 Å². The third kappa shape index (κ3) is 6.46. The van der Waals surface area contributed by atoms with Crippen LogP contribution < -0.4 is 4.74 Å². The first-order chi connectivity index (χ1) is 12.8. The number of hydrogen-bond acceptors (Lipinski definition) is 7. The highest BCUT2D eigenvalue weighted by Crippen LogP contribution is 2.39. The van der Waals surface area contributed by atoms with Crippen molar-refractivity contribution < 1.29 is 9.53 Å². The number of ether oxygens (including phenoxy) is 1. The van der Waals surface area contributed by atoms with Crippen molar-refractivity contribution >= 4 is 38.9 Å². The van der Waals surface area contributed by atoms with Gasteiger partial charge in [-0.1, -0.05) is 28.0 Å². The van der Waals surface area contributed by atoms with Gasteiger partial charge in [-0.15, -0.1) is 0 Å². The van der Waals surface area contributed by atoms with Gasteiger partial charge in [0, 0.05) is 29.8 Å². The lowest BCUT2D eigenvalue weighted by molar-refractivity contribution is -0.134. The molecule has 0 radical (unpaired) electrons. The van der Waals surface area contributed by atoms with Crippen LogP contribution in [0.5, 0.6) is 5.75 Å². The maximum Gasteiger partial charge on any atom is 0.311 e. The van der Waals surface area contributed by atoms with Gasteiger partial charge >= 0.3 is 5.97 Å². The van der Waals surface area contributed by atoms with Crippen LogP contribution in [0, 0.1) is 0 Å². The Morgan fingerprint density at radius 3 is 2.50 bits per heavy atom. The van der Waals surface area contributed by atoms with Gasteiger partial charge in [0.25, 0.3) is 0 Å². The average Bonchev–Trinajstić information content (AvgIpc) is 3.19. The number of carbonyl (C=O) groups excluding carboxylic acids is 1. The van der Waals surface area contributed by atoms with Gasteiger partial charge in [0.15, 0.2) is 0 Å². The van der Waals surface area contributed by atoms with Crippen molar-refractivity contribution in [2.45, 2.75) is 37.4 Å². The number of rotatable bonds is 8. The van der Waals surface area contributed by atoms with Crippen LogP contribution >= 0.6 is 21.6 Å². The van der Waals surface area contributed by atoms with Crippen LogP contribution in [0.25, 0.3) is 0 Å². The fourth-order valence-corrected chi connectivity index (χ4v) is 5.52. The first-order valence-electron chi connectivity index (χ1n) is 8.70. The zero-order chi connectivity index (χ0) is 18.0. The van der Waals surface area contributed by atoms with Gasteiger partial charge in [-0.3, -0.25) is 9.78 Å². The Morgan fingerprint density at radius 1 is 1.08 bits per heavy atom. The molecule has 5 nitrogen and oxygen atoms in total. The van der Waals surface area contributed by atoms with Gasteiger partial charge in [-0.2, -0.15) is 10.2 Å². The summed E-state index contributed by atoms with van der Waals surface area (Å²) in [6.07, 6.45) is 8.27. The van der Waals surface area contributed by atoms with E-state index in [1.165, 1.54) is 18.6 Å². The second-order valence-electron chi connectivity index (χ2n) is 5.95. The molecule has 0 saturated carbocycles. The molecule has 1 aliphatic rings. The SMILES string of the molecule is O=C(CCCCC1CCSS1)Oc1ccc(N=Nc2ccncc2)cc1. The molecule has 0 amide bonds. The van der Waals surface area contributed by atoms with E-state index in [9.17, 15) is 4.79 Å². The van der Waals surface area contributed by atoms with E-state index in [4.69, 9.17) is 4.74 Å². The van der Waals surface area contributed by atoms with E-state index in [1.54, 1.807) is 48.8 Å². The van der Waals surface area contributed by atoms with E-state index < -0.39 is 0 Å². The Morgan fingerprint density at radius 2 is 1.81 bits per heavy atom. The fourth-order valence-electron chi connectivity index (χ4n) is 2.50. The molecular weight excluding hydrogens is 366 g/mol. The summed E-state index contributed by atoms with van der Waals surface area (Å²) in [7, 11) is 3.95. The number of esters is 1. The quantitative estimate of drug-likeness (QED) is 0.180. The molecule has 26 heavy (non-hydrogen) atoms. The number of aromatic nitrogens is 1. The number of hydrogen-bond donors (Lipinski definition) is 0. The van der Waals surface area contributed by atoms with E-state index >= 15 is 0 Å². The molecule has 3 rings (SSSR count). The second-order valence-corrected chi connectivity index (χ2v) is 8.74. The number of unbranched alkanes of at least 4 members (excludes halogenated alkanes) is 1. The fraction of sp³-hybridized carbons (Fsp3) is 0.368. The van der Waals surface area contributed by atoms with Crippen molar-refractivity contribution in [1.29, 1.82) is 0 Å². The highest BCUT2D eigenvalue weighted by atomic mass is 33.1. The number of benzene rings is 1. The Labute approximate surface area is 161 Å². The number of nitrogens with zero attached hydrogens (tertiary/aromatic N) is 3. The first kappa shape index (κ1) is 18.9. The second kappa shape index (κ2) is 10.3. The largest absolute Gasteiger partial charge is 0.427 e. The van der Waals surface area contributed by atoms with E-state index in [0.717, 1.165) is 23.8 Å². The van der Waals surface area contributed by atoms with Crippen molar-refractivity contribution in [2.75, 3.05) is 5.75 Å². The van der Waals surface area contributed by atoms with Gasteiger partial charge in [-0.25, -0.2) is 0 Å². The van der Waals surface area contributed by atoms with Gasteiger partial charge in [0.05, 0.1) is 11.4 Å². The van der Waals surface area contributed by atoms with Crippen molar-refractivity contribution in [3.63, 3.8) is 0 Å². The van der Waals surface area contributed by atoms with Gasteiger partial charge in [0.1, 0.15) is 5.75 Å². The lowest BCUT2D eigenvalue weighted by Crippen LogP contribution is -2.08. The molecular formula is C19H21N3O2S2. The minimum Gasteiger partial charge on any atom is -0.427 e. The molecule has 7 heteroatoms. The summed E-state index contributed by atoms with van der Waals surface area (Å²) >= 11 is 0. The normalized spacial score (nSPS) is 16.8. The predicted molar refractivity (Wildman–Crippen MR) is 107 cm³/mol. The van der Waals surface area contributed by atoms with E-state index in [-0.39, 0.29) is 5.97 Å². The van der Waals surface area contributed by atoms with E-state index in [1.807, 2.05) is 21.6 Å². The zero-order valence-corrected chi connectivity index (χ0v) is 16.0. The first-order valence-corrected chi connectivity index (χ1v) is 11.1. The number of azo groups is 1. The minimum atomic E-state index is -0.176. The molecule has 0 spiro atoms. The molecule has 1 aromatic heterocycles. The van der Waals surface area contributed by atoms with Crippen molar-refractivity contribution in [2.24, 2.45) is 10.2 Å². The highest BCUT2D eigenvalue weighted by molar-refractivity contribution is 8.77. The summed E-state index contributed by atoms with van der Waals surface area (Å²) in [5, 5.41) is 9.04. The van der Waals surface area contributed by atoms with E-state index in [2.05, 4.69) is 15.2 Å². The summed E-state index contributed by atoms with van der Waals surface area (Å²) in [5.74, 6) is 1.63. The summed E-state index contributed by atoms with van der Waals surface area (Å²) in [6.45, 7) is 0. The van der Waals surface area contributed by atoms with Crippen molar-refractivity contribution in [1.82, 2.24) is 4.98 Å². The standard InChI is InChI=1S/C19H21N3O2S2/c23-19(4-2-1-3-18-11-14-25-26-18)24-17-7-5-15(6-8-17)21-22-16-9-12-20-13-10-16/h5-10,12-13,18H,1-4,11,14H2. The monoisotopic (exact) mass is 387 g/mol. The summed E-state index contributed by atoms with van der Waals surface area (Å²) in [4.78, 5) is 15.9. The molecule has 1 atom stereocenters. The maximum absolute atomic E-state index is 11.9. The molecule has 136 valence electrons. The van der Waals surface area contributed by atoms with Crippen LogP contribution in [0.4, 0.5) is 11.4 Å². The summed E-state index contributed by atoms with van der Waals surface area (Å²) in [5.41, 5.74) is 1.44. The molecule has 0 N–H and O–H groups in total. The average molecular weight is 388 g/mol.